The Balaban J connectivity index is 2.10. The Morgan fingerprint density at radius 1 is 1.14 bits per heavy atom. The average molecular weight is 284 g/mol. The summed E-state index contributed by atoms with van der Waals surface area (Å²) in [5.41, 5.74) is 2.66. The summed E-state index contributed by atoms with van der Waals surface area (Å²) in [4.78, 5) is 23.6. The Morgan fingerprint density at radius 3 is 2.52 bits per heavy atom. The van der Waals surface area contributed by atoms with E-state index in [4.69, 9.17) is 0 Å². The first-order valence-corrected chi connectivity index (χ1v) is 7.14. The molecule has 1 amide bonds. The minimum absolute atomic E-state index is 0.0228. The number of amides is 1. The molecule has 0 atom stereocenters. The molecule has 2 aromatic rings. The smallest absolute Gasteiger partial charge is 0.251 e. The molecule has 110 valence electrons. The van der Waals surface area contributed by atoms with Crippen molar-refractivity contribution < 1.29 is 4.79 Å². The van der Waals surface area contributed by atoms with Gasteiger partial charge in [0.25, 0.3) is 11.5 Å². The average Bonchev–Trinajstić information content (AvgIpc) is 2.49. The summed E-state index contributed by atoms with van der Waals surface area (Å²) in [6, 6.07) is 10.7. The second-order valence-electron chi connectivity index (χ2n) is 5.13. The second-order valence-corrected chi connectivity index (χ2v) is 5.13. The largest absolute Gasteiger partial charge is 0.352 e. The maximum atomic E-state index is 11.8. The van der Waals surface area contributed by atoms with Crippen LogP contribution in [0.3, 0.4) is 0 Å². The van der Waals surface area contributed by atoms with Crippen LogP contribution in [0.1, 0.15) is 34.8 Å². The summed E-state index contributed by atoms with van der Waals surface area (Å²) in [5.74, 6) is -0.0591. The topological polar surface area (TPSA) is 51.1 Å². The zero-order chi connectivity index (χ0) is 15.2. The first-order chi connectivity index (χ1) is 10.1. The van der Waals surface area contributed by atoms with Crippen LogP contribution in [0.4, 0.5) is 0 Å². The Labute approximate surface area is 124 Å². The maximum Gasteiger partial charge on any atom is 0.251 e. The van der Waals surface area contributed by atoms with Crippen LogP contribution in [-0.4, -0.2) is 17.0 Å². The van der Waals surface area contributed by atoms with Gasteiger partial charge < -0.3 is 9.88 Å². The van der Waals surface area contributed by atoms with Gasteiger partial charge in [0.2, 0.25) is 0 Å². The van der Waals surface area contributed by atoms with Crippen molar-refractivity contribution in [1.82, 2.24) is 9.88 Å². The van der Waals surface area contributed by atoms with Crippen LogP contribution in [0, 0.1) is 6.92 Å². The summed E-state index contributed by atoms with van der Waals surface area (Å²) < 4.78 is 1.67. The minimum Gasteiger partial charge on any atom is -0.352 e. The molecule has 0 unspecified atom stereocenters. The number of aryl methyl sites for hydroxylation is 1. The lowest BCUT2D eigenvalue weighted by Gasteiger charge is -2.08. The van der Waals surface area contributed by atoms with E-state index in [0.717, 1.165) is 17.5 Å². The summed E-state index contributed by atoms with van der Waals surface area (Å²) in [6.07, 6.45) is 2.75. The van der Waals surface area contributed by atoms with E-state index < -0.39 is 0 Å². The van der Waals surface area contributed by atoms with E-state index in [1.807, 2.05) is 32.2 Å². The van der Waals surface area contributed by atoms with Crippen molar-refractivity contribution >= 4 is 5.91 Å². The van der Waals surface area contributed by atoms with Gasteiger partial charge in [0.15, 0.2) is 0 Å². The Hall–Kier alpha value is -2.36. The molecule has 0 bridgehead atoms. The molecule has 1 aromatic carbocycles. The number of benzene rings is 1. The van der Waals surface area contributed by atoms with Gasteiger partial charge in [0, 0.05) is 24.4 Å². The number of hydrogen-bond acceptors (Lipinski definition) is 2. The number of carbonyl (C=O) groups is 1. The van der Waals surface area contributed by atoms with Crippen molar-refractivity contribution in [3.05, 3.63) is 69.6 Å². The lowest BCUT2D eigenvalue weighted by Crippen LogP contribution is -2.24. The number of nitrogens with one attached hydrogen (secondary N) is 1. The zero-order valence-electron chi connectivity index (χ0n) is 12.4. The highest BCUT2D eigenvalue weighted by Gasteiger charge is 2.04. The lowest BCUT2D eigenvalue weighted by atomic mass is 10.1. The van der Waals surface area contributed by atoms with Gasteiger partial charge in [-0.25, -0.2) is 0 Å². The Morgan fingerprint density at radius 2 is 1.86 bits per heavy atom. The minimum atomic E-state index is -0.0591. The molecule has 2 rings (SSSR count). The van der Waals surface area contributed by atoms with Crippen molar-refractivity contribution in [2.45, 2.75) is 26.8 Å². The summed E-state index contributed by atoms with van der Waals surface area (Å²) in [5, 5.41) is 2.84. The zero-order valence-corrected chi connectivity index (χ0v) is 12.4. The number of carbonyl (C=O) groups excluding carboxylic acids is 1. The van der Waals surface area contributed by atoms with E-state index in [9.17, 15) is 9.59 Å². The monoisotopic (exact) mass is 284 g/mol. The predicted molar refractivity (Wildman–Crippen MR) is 83.6 cm³/mol. The third-order valence-corrected chi connectivity index (χ3v) is 3.24. The maximum absolute atomic E-state index is 11.8. The predicted octanol–water partition coefficient (Wildman–Crippen LogP) is 2.34. The van der Waals surface area contributed by atoms with Crippen LogP contribution < -0.4 is 10.9 Å². The van der Waals surface area contributed by atoms with Crippen LogP contribution in [0.25, 0.3) is 0 Å². The fourth-order valence-electron chi connectivity index (χ4n) is 2.07. The highest BCUT2D eigenvalue weighted by molar-refractivity contribution is 5.94. The Bertz CT molecular complexity index is 672. The molecule has 4 heteroatoms. The molecule has 1 N–H and O–H groups in total. The van der Waals surface area contributed by atoms with E-state index >= 15 is 0 Å². The second kappa shape index (κ2) is 6.88. The molecule has 0 fully saturated rings. The first-order valence-electron chi connectivity index (χ1n) is 7.14. The number of hydrogen-bond donors (Lipinski definition) is 1. The van der Waals surface area contributed by atoms with E-state index in [-0.39, 0.29) is 11.5 Å². The summed E-state index contributed by atoms with van der Waals surface area (Å²) >= 11 is 0. The third-order valence-electron chi connectivity index (χ3n) is 3.24. The van der Waals surface area contributed by atoms with E-state index in [2.05, 4.69) is 5.32 Å². The number of pyridine rings is 1. The van der Waals surface area contributed by atoms with Gasteiger partial charge in [-0.1, -0.05) is 25.1 Å². The van der Waals surface area contributed by atoms with Gasteiger partial charge in [-0.05, 0) is 36.6 Å². The molecule has 0 saturated carbocycles. The van der Waals surface area contributed by atoms with E-state index in [1.54, 1.807) is 28.8 Å². The fraction of sp³-hybridized carbons (Fsp3) is 0.294. The fourth-order valence-corrected chi connectivity index (χ4v) is 2.07. The summed E-state index contributed by atoms with van der Waals surface area (Å²) in [7, 11) is 0. The number of aromatic nitrogens is 1. The van der Waals surface area contributed by atoms with Gasteiger partial charge in [-0.15, -0.1) is 0 Å². The molecule has 1 heterocycles. The molecule has 21 heavy (non-hydrogen) atoms. The van der Waals surface area contributed by atoms with Gasteiger partial charge in [0.1, 0.15) is 0 Å². The third kappa shape index (κ3) is 4.05. The molecule has 0 aliphatic rings. The number of nitrogens with zero attached hydrogens (tertiary/aromatic N) is 1. The molecule has 0 aliphatic heterocycles. The van der Waals surface area contributed by atoms with Crippen LogP contribution in [0.5, 0.6) is 0 Å². The van der Waals surface area contributed by atoms with Crippen molar-refractivity contribution in [2.24, 2.45) is 0 Å². The standard InChI is InChI=1S/C17H20N2O2/c1-3-10-18-17(21)15-7-5-14(6-8-15)12-19-11-13(2)4-9-16(19)20/h4-9,11H,3,10,12H2,1-2H3,(H,18,21). The quantitative estimate of drug-likeness (QED) is 0.916. The molecular weight excluding hydrogens is 264 g/mol. The van der Waals surface area contributed by atoms with Gasteiger partial charge >= 0.3 is 0 Å². The van der Waals surface area contributed by atoms with Gasteiger partial charge in [-0.3, -0.25) is 9.59 Å². The highest BCUT2D eigenvalue weighted by Crippen LogP contribution is 2.06. The van der Waals surface area contributed by atoms with Crippen LogP contribution >= 0.6 is 0 Å². The molecule has 0 radical (unpaired) electrons. The van der Waals surface area contributed by atoms with Gasteiger partial charge in [-0.2, -0.15) is 0 Å². The summed E-state index contributed by atoms with van der Waals surface area (Å²) in [6.45, 7) is 5.16. The highest BCUT2D eigenvalue weighted by atomic mass is 16.1. The first kappa shape index (κ1) is 15.0. The van der Waals surface area contributed by atoms with Crippen molar-refractivity contribution in [2.75, 3.05) is 6.54 Å². The van der Waals surface area contributed by atoms with E-state index in [1.165, 1.54) is 0 Å². The van der Waals surface area contributed by atoms with Crippen molar-refractivity contribution in [1.29, 1.82) is 0 Å². The van der Waals surface area contributed by atoms with Gasteiger partial charge in [0.05, 0.1) is 6.54 Å². The molecule has 1 aromatic heterocycles. The lowest BCUT2D eigenvalue weighted by molar-refractivity contribution is 0.0953. The molecule has 0 aliphatic carbocycles. The van der Waals surface area contributed by atoms with Crippen LogP contribution in [-0.2, 0) is 6.54 Å². The molecular formula is C17H20N2O2. The van der Waals surface area contributed by atoms with Crippen LogP contribution in [0.15, 0.2) is 47.4 Å². The Kier molecular flexibility index (Phi) is 4.93. The molecule has 4 nitrogen and oxygen atoms in total. The molecule has 0 spiro atoms. The number of rotatable bonds is 5. The normalized spacial score (nSPS) is 10.4. The van der Waals surface area contributed by atoms with Crippen molar-refractivity contribution in [3.63, 3.8) is 0 Å². The SMILES string of the molecule is CCCNC(=O)c1ccc(Cn2cc(C)ccc2=O)cc1. The molecule has 0 saturated heterocycles. The van der Waals surface area contributed by atoms with Crippen molar-refractivity contribution in [3.8, 4) is 0 Å². The van der Waals surface area contributed by atoms with Crippen LogP contribution in [0.2, 0.25) is 0 Å². The van der Waals surface area contributed by atoms with E-state index in [0.29, 0.717) is 18.7 Å².